The highest BCUT2D eigenvalue weighted by Crippen LogP contribution is 2.30. The fraction of sp³-hybridized carbons (Fsp3) is 0.136. The molecule has 3 aromatic carbocycles. The molecule has 1 aliphatic rings. The topological polar surface area (TPSA) is 83.9 Å². The molecule has 28 heavy (non-hydrogen) atoms. The predicted octanol–water partition coefficient (Wildman–Crippen LogP) is 3.10. The molecule has 0 atom stereocenters. The number of esters is 1. The van der Waals surface area contributed by atoms with Crippen molar-refractivity contribution in [2.75, 3.05) is 18.6 Å². The molecule has 0 unspecified atom stereocenters. The molecule has 140 valence electrons. The molecule has 1 N–H and O–H groups in total. The van der Waals surface area contributed by atoms with Gasteiger partial charge < -0.3 is 14.7 Å². The second-order valence-electron chi connectivity index (χ2n) is 6.66. The van der Waals surface area contributed by atoms with E-state index in [4.69, 9.17) is 4.74 Å². The molecule has 0 saturated carbocycles. The van der Waals surface area contributed by atoms with Crippen molar-refractivity contribution in [3.8, 4) is 5.75 Å². The molecule has 0 fully saturated rings. The van der Waals surface area contributed by atoms with Crippen molar-refractivity contribution in [1.29, 1.82) is 0 Å². The summed E-state index contributed by atoms with van der Waals surface area (Å²) in [5.74, 6) is -1.35. The Morgan fingerprint density at radius 3 is 2.71 bits per heavy atom. The third-order valence-corrected chi connectivity index (χ3v) is 4.93. The third kappa shape index (κ3) is 2.99. The average Bonchev–Trinajstić information content (AvgIpc) is 2.99. The Morgan fingerprint density at radius 2 is 1.89 bits per heavy atom. The van der Waals surface area contributed by atoms with Crippen LogP contribution < -0.4 is 4.90 Å². The van der Waals surface area contributed by atoms with Crippen molar-refractivity contribution in [2.45, 2.75) is 6.42 Å². The minimum absolute atomic E-state index is 0.00711. The number of rotatable bonds is 4. The second kappa shape index (κ2) is 6.81. The number of phenols is 1. The second-order valence-corrected chi connectivity index (χ2v) is 6.66. The molecule has 1 aliphatic heterocycles. The molecule has 1 heterocycles. The molecule has 0 aromatic heterocycles. The van der Waals surface area contributed by atoms with E-state index >= 15 is 0 Å². The number of benzene rings is 3. The minimum Gasteiger partial charge on any atom is -0.506 e. The molecule has 1 amide bonds. The first kappa shape index (κ1) is 17.7. The van der Waals surface area contributed by atoms with E-state index in [1.54, 1.807) is 48.3 Å². The number of hydrogen-bond acceptors (Lipinski definition) is 5. The molecule has 0 radical (unpaired) electrons. The summed E-state index contributed by atoms with van der Waals surface area (Å²) >= 11 is 0. The highest BCUT2D eigenvalue weighted by molar-refractivity contribution is 6.05. The molecule has 6 nitrogen and oxygen atoms in total. The van der Waals surface area contributed by atoms with Crippen LogP contribution in [0.25, 0.3) is 10.8 Å². The van der Waals surface area contributed by atoms with Crippen LogP contribution in [0, 0.1) is 0 Å². The van der Waals surface area contributed by atoms with Gasteiger partial charge in [-0.3, -0.25) is 9.59 Å². The number of hydrogen-bond donors (Lipinski definition) is 1. The largest absolute Gasteiger partial charge is 0.506 e. The van der Waals surface area contributed by atoms with Crippen LogP contribution in [0.4, 0.5) is 5.69 Å². The number of carbonyl (C=O) groups excluding carboxylic acids is 3. The Labute approximate surface area is 161 Å². The maximum atomic E-state index is 12.4. The summed E-state index contributed by atoms with van der Waals surface area (Å²) in [6, 6.07) is 15.3. The zero-order valence-electron chi connectivity index (χ0n) is 15.1. The van der Waals surface area contributed by atoms with E-state index < -0.39 is 12.6 Å². The van der Waals surface area contributed by atoms with Gasteiger partial charge in [0.1, 0.15) is 11.3 Å². The number of carbonyl (C=O) groups is 3. The lowest BCUT2D eigenvalue weighted by molar-refractivity contribution is -0.117. The summed E-state index contributed by atoms with van der Waals surface area (Å²) in [6.07, 6.45) is 0.248. The van der Waals surface area contributed by atoms with Gasteiger partial charge in [0.2, 0.25) is 5.91 Å². The molecule has 0 aliphatic carbocycles. The number of ether oxygens (including phenoxy) is 1. The van der Waals surface area contributed by atoms with E-state index in [2.05, 4.69) is 0 Å². The van der Waals surface area contributed by atoms with Gasteiger partial charge in [-0.2, -0.15) is 0 Å². The van der Waals surface area contributed by atoms with Crippen molar-refractivity contribution >= 4 is 34.1 Å². The van der Waals surface area contributed by atoms with Crippen LogP contribution in [0.5, 0.6) is 5.75 Å². The molecule has 3 aromatic rings. The third-order valence-electron chi connectivity index (χ3n) is 4.93. The quantitative estimate of drug-likeness (QED) is 0.560. The van der Waals surface area contributed by atoms with Crippen molar-refractivity contribution < 1.29 is 24.2 Å². The zero-order valence-corrected chi connectivity index (χ0v) is 15.1. The smallest absolute Gasteiger partial charge is 0.342 e. The van der Waals surface area contributed by atoms with Crippen molar-refractivity contribution in [3.05, 3.63) is 71.3 Å². The van der Waals surface area contributed by atoms with E-state index in [9.17, 15) is 19.5 Å². The first-order valence-corrected chi connectivity index (χ1v) is 8.76. The lowest BCUT2D eigenvalue weighted by Crippen LogP contribution is -2.20. The molecule has 4 rings (SSSR count). The number of phenolic OH excluding ortho intramolecular Hbond substituents is 1. The fourth-order valence-electron chi connectivity index (χ4n) is 3.36. The van der Waals surface area contributed by atoms with E-state index in [-0.39, 0.29) is 29.4 Å². The number of anilines is 1. The standard InChI is InChI=1S/C22H17NO5/c1-23-18-9-7-14(10-15(18)11-20(23)25)19(24)12-28-22(27)17-8-6-13-4-2-3-5-16(13)21(17)26/h2-10,26H,11-12H2,1H3. The van der Waals surface area contributed by atoms with E-state index in [1.165, 1.54) is 6.07 Å². The minimum atomic E-state index is -0.771. The molecular formula is C22H17NO5. The number of nitrogens with zero attached hydrogens (tertiary/aromatic N) is 1. The van der Waals surface area contributed by atoms with Gasteiger partial charge in [0.25, 0.3) is 0 Å². The molecule has 6 heteroatoms. The maximum absolute atomic E-state index is 12.4. The van der Waals surface area contributed by atoms with Crippen LogP contribution in [0.15, 0.2) is 54.6 Å². The Morgan fingerprint density at radius 1 is 1.11 bits per heavy atom. The molecule has 0 bridgehead atoms. The summed E-state index contributed by atoms with van der Waals surface area (Å²) < 4.78 is 5.11. The highest BCUT2D eigenvalue weighted by Gasteiger charge is 2.25. The molecular weight excluding hydrogens is 358 g/mol. The van der Waals surface area contributed by atoms with E-state index in [0.29, 0.717) is 10.9 Å². The molecule has 0 saturated heterocycles. The van der Waals surface area contributed by atoms with Gasteiger partial charge in [0.15, 0.2) is 12.4 Å². The summed E-state index contributed by atoms with van der Waals surface area (Å²) in [5, 5.41) is 11.7. The van der Waals surface area contributed by atoms with Crippen molar-refractivity contribution in [3.63, 3.8) is 0 Å². The monoisotopic (exact) mass is 375 g/mol. The zero-order chi connectivity index (χ0) is 19.8. The van der Waals surface area contributed by atoms with E-state index in [1.807, 2.05) is 12.1 Å². The summed E-state index contributed by atoms with van der Waals surface area (Å²) in [7, 11) is 1.69. The Balaban J connectivity index is 1.48. The number of fused-ring (bicyclic) bond motifs is 2. The van der Waals surface area contributed by atoms with Crippen LogP contribution in [0.3, 0.4) is 0 Å². The van der Waals surface area contributed by atoms with Crippen LogP contribution in [-0.2, 0) is 16.0 Å². The van der Waals surface area contributed by atoms with Gasteiger partial charge in [-0.15, -0.1) is 0 Å². The average molecular weight is 375 g/mol. The predicted molar refractivity (Wildman–Crippen MR) is 104 cm³/mol. The number of ketones is 1. The first-order chi connectivity index (χ1) is 13.5. The Kier molecular flexibility index (Phi) is 4.31. The summed E-state index contributed by atoms with van der Waals surface area (Å²) in [4.78, 5) is 38.0. The van der Waals surface area contributed by atoms with Crippen molar-refractivity contribution in [1.82, 2.24) is 0 Å². The number of amides is 1. The van der Waals surface area contributed by atoms with Gasteiger partial charge in [0.05, 0.1) is 6.42 Å². The van der Waals surface area contributed by atoms with Gasteiger partial charge in [-0.25, -0.2) is 4.79 Å². The number of Topliss-reactive ketones (excluding diaryl/α,β-unsaturated/α-hetero) is 1. The Bertz CT molecular complexity index is 1130. The van der Waals surface area contributed by atoms with Crippen LogP contribution >= 0.6 is 0 Å². The van der Waals surface area contributed by atoms with Gasteiger partial charge >= 0.3 is 5.97 Å². The van der Waals surface area contributed by atoms with Crippen LogP contribution in [0.2, 0.25) is 0 Å². The van der Waals surface area contributed by atoms with Crippen molar-refractivity contribution in [2.24, 2.45) is 0 Å². The maximum Gasteiger partial charge on any atom is 0.342 e. The lowest BCUT2D eigenvalue weighted by atomic mass is 10.0. The first-order valence-electron chi connectivity index (χ1n) is 8.76. The SMILES string of the molecule is CN1C(=O)Cc2cc(C(=O)COC(=O)c3ccc4ccccc4c3O)ccc21. The fourth-order valence-corrected chi connectivity index (χ4v) is 3.36. The number of aromatic hydroxyl groups is 1. The summed E-state index contributed by atoms with van der Waals surface area (Å²) in [6.45, 7) is -0.451. The number of likely N-dealkylation sites (N-methyl/N-ethyl adjacent to an activating group) is 1. The van der Waals surface area contributed by atoms with E-state index in [0.717, 1.165) is 16.6 Å². The van der Waals surface area contributed by atoms with Gasteiger partial charge in [0, 0.05) is 23.7 Å². The van der Waals surface area contributed by atoms with Gasteiger partial charge in [-0.05, 0) is 35.2 Å². The van der Waals surface area contributed by atoms with Crippen LogP contribution in [0.1, 0.15) is 26.3 Å². The lowest BCUT2D eigenvalue weighted by Gasteiger charge is -2.11. The van der Waals surface area contributed by atoms with Crippen LogP contribution in [-0.4, -0.2) is 36.4 Å². The normalized spacial score (nSPS) is 12.9. The Hall–Kier alpha value is -3.67. The summed E-state index contributed by atoms with van der Waals surface area (Å²) in [5.41, 5.74) is 1.93. The molecule has 0 spiro atoms. The van der Waals surface area contributed by atoms with Gasteiger partial charge in [-0.1, -0.05) is 30.3 Å². The highest BCUT2D eigenvalue weighted by atomic mass is 16.5.